The lowest BCUT2D eigenvalue weighted by molar-refractivity contribution is 0.0955. The van der Waals surface area contributed by atoms with Gasteiger partial charge in [-0.15, -0.1) is 0 Å². The van der Waals surface area contributed by atoms with Crippen molar-refractivity contribution in [2.24, 2.45) is 5.10 Å². The van der Waals surface area contributed by atoms with Gasteiger partial charge in [0.25, 0.3) is 5.91 Å². The van der Waals surface area contributed by atoms with Gasteiger partial charge >= 0.3 is 0 Å². The van der Waals surface area contributed by atoms with Gasteiger partial charge in [-0.1, -0.05) is 6.07 Å². The van der Waals surface area contributed by atoms with Gasteiger partial charge in [-0.25, -0.2) is 5.43 Å². The Morgan fingerprint density at radius 1 is 1.26 bits per heavy atom. The first-order valence-electron chi connectivity index (χ1n) is 6.59. The summed E-state index contributed by atoms with van der Waals surface area (Å²) >= 11 is 3.22. The number of carbonyl (C=O) groups excluding carboxylic acids is 1. The van der Waals surface area contributed by atoms with Gasteiger partial charge < -0.3 is 14.6 Å². The fourth-order valence-corrected chi connectivity index (χ4v) is 2.28. The predicted molar refractivity (Wildman–Crippen MR) is 90.4 cm³/mol. The summed E-state index contributed by atoms with van der Waals surface area (Å²) < 4.78 is 10.6. The van der Waals surface area contributed by atoms with Crippen LogP contribution in [-0.2, 0) is 0 Å². The minimum atomic E-state index is -0.357. The zero-order valence-corrected chi connectivity index (χ0v) is 14.1. The highest BCUT2D eigenvalue weighted by atomic mass is 79.9. The third-order valence-electron chi connectivity index (χ3n) is 2.98. The van der Waals surface area contributed by atoms with Gasteiger partial charge in [-0.3, -0.25) is 4.79 Å². The highest BCUT2D eigenvalue weighted by molar-refractivity contribution is 9.10. The average Bonchev–Trinajstić information content (AvgIpc) is 2.57. The molecular formula is C16H15BrN2O4. The van der Waals surface area contributed by atoms with Crippen LogP contribution in [0.1, 0.15) is 15.9 Å². The van der Waals surface area contributed by atoms with E-state index in [-0.39, 0.29) is 11.7 Å². The quantitative estimate of drug-likeness (QED) is 0.619. The number of nitrogens with zero attached hydrogens (tertiary/aromatic N) is 1. The van der Waals surface area contributed by atoms with E-state index in [1.807, 2.05) is 0 Å². The molecule has 2 N–H and O–H groups in total. The summed E-state index contributed by atoms with van der Waals surface area (Å²) in [7, 11) is 2.98. The predicted octanol–water partition coefficient (Wildman–Crippen LogP) is 2.94. The van der Waals surface area contributed by atoms with E-state index < -0.39 is 0 Å². The fraction of sp³-hybridized carbons (Fsp3) is 0.125. The van der Waals surface area contributed by atoms with E-state index in [2.05, 4.69) is 26.5 Å². The molecule has 0 atom stereocenters. The Balaban J connectivity index is 2.09. The number of amides is 1. The number of nitrogens with one attached hydrogen (secondary N) is 1. The molecule has 0 spiro atoms. The van der Waals surface area contributed by atoms with Gasteiger partial charge in [-0.2, -0.15) is 5.10 Å². The Bertz CT molecular complexity index is 747. The lowest BCUT2D eigenvalue weighted by Crippen LogP contribution is -2.17. The standard InChI is InChI=1S/C16H15BrN2O4/c1-22-12-5-3-4-11(8-12)16(21)19-18-9-10-6-13(17)15(20)14(7-10)23-2/h3-9,20H,1-2H3,(H,19,21). The normalized spacial score (nSPS) is 10.6. The number of phenols is 1. The van der Waals surface area contributed by atoms with Gasteiger partial charge in [0.15, 0.2) is 11.5 Å². The Labute approximate surface area is 141 Å². The van der Waals surface area contributed by atoms with Gasteiger partial charge in [0.05, 0.1) is 24.9 Å². The van der Waals surface area contributed by atoms with Crippen LogP contribution in [0, 0.1) is 0 Å². The number of aromatic hydroxyl groups is 1. The van der Waals surface area contributed by atoms with Crippen molar-refractivity contribution in [2.45, 2.75) is 0 Å². The fourth-order valence-electron chi connectivity index (χ4n) is 1.82. The second-order valence-corrected chi connectivity index (χ2v) is 5.34. The van der Waals surface area contributed by atoms with Gasteiger partial charge in [0.2, 0.25) is 0 Å². The summed E-state index contributed by atoms with van der Waals surface area (Å²) in [5.41, 5.74) is 3.51. The zero-order valence-electron chi connectivity index (χ0n) is 12.5. The second kappa shape index (κ2) is 7.64. The molecule has 2 rings (SSSR count). The van der Waals surface area contributed by atoms with Crippen LogP contribution in [0.5, 0.6) is 17.2 Å². The number of hydrogen-bond donors (Lipinski definition) is 2. The van der Waals surface area contributed by atoms with Crippen molar-refractivity contribution in [1.29, 1.82) is 0 Å². The largest absolute Gasteiger partial charge is 0.503 e. The van der Waals surface area contributed by atoms with Crippen LogP contribution < -0.4 is 14.9 Å². The monoisotopic (exact) mass is 378 g/mol. The van der Waals surface area contributed by atoms with Gasteiger partial charge in [0.1, 0.15) is 5.75 Å². The summed E-state index contributed by atoms with van der Waals surface area (Å²) in [6, 6.07) is 10.00. The first-order valence-corrected chi connectivity index (χ1v) is 7.38. The Morgan fingerprint density at radius 2 is 2.04 bits per heavy atom. The van der Waals surface area contributed by atoms with Gasteiger partial charge in [0, 0.05) is 5.56 Å². The van der Waals surface area contributed by atoms with E-state index in [1.54, 1.807) is 36.4 Å². The molecule has 0 fully saturated rings. The van der Waals surface area contributed by atoms with Crippen molar-refractivity contribution in [2.75, 3.05) is 14.2 Å². The minimum Gasteiger partial charge on any atom is -0.503 e. The van der Waals surface area contributed by atoms with Crippen molar-refractivity contribution in [3.8, 4) is 17.2 Å². The summed E-state index contributed by atoms with van der Waals surface area (Å²) in [6.07, 6.45) is 1.45. The minimum absolute atomic E-state index is 0.00469. The summed E-state index contributed by atoms with van der Waals surface area (Å²) in [6.45, 7) is 0. The number of carbonyl (C=O) groups is 1. The molecule has 0 radical (unpaired) electrons. The molecule has 23 heavy (non-hydrogen) atoms. The zero-order chi connectivity index (χ0) is 16.8. The number of hydrogen-bond acceptors (Lipinski definition) is 5. The summed E-state index contributed by atoms with van der Waals surface area (Å²) in [5, 5.41) is 13.6. The van der Waals surface area contributed by atoms with E-state index in [0.29, 0.717) is 27.1 Å². The van der Waals surface area contributed by atoms with Crippen LogP contribution in [0.2, 0.25) is 0 Å². The summed E-state index contributed by atoms with van der Waals surface area (Å²) in [5.74, 6) is 0.545. The molecule has 1 amide bonds. The molecule has 0 aliphatic heterocycles. The molecule has 0 saturated carbocycles. The molecule has 120 valence electrons. The second-order valence-electron chi connectivity index (χ2n) is 4.48. The number of methoxy groups -OCH3 is 2. The Kier molecular flexibility index (Phi) is 5.59. The van der Waals surface area contributed by atoms with Crippen LogP contribution in [0.3, 0.4) is 0 Å². The number of phenolic OH excluding ortho intramolecular Hbond substituents is 1. The molecule has 0 saturated heterocycles. The molecule has 0 bridgehead atoms. The van der Waals surface area contributed by atoms with Crippen molar-refractivity contribution in [3.63, 3.8) is 0 Å². The third-order valence-corrected chi connectivity index (χ3v) is 3.59. The van der Waals surface area contributed by atoms with E-state index in [9.17, 15) is 9.90 Å². The molecule has 2 aromatic rings. The molecule has 0 aliphatic rings. The van der Waals surface area contributed by atoms with Crippen molar-refractivity contribution >= 4 is 28.1 Å². The molecule has 0 unspecified atom stereocenters. The maximum absolute atomic E-state index is 12.0. The molecule has 7 heteroatoms. The van der Waals surface area contributed by atoms with Crippen molar-refractivity contribution in [3.05, 3.63) is 52.0 Å². The van der Waals surface area contributed by atoms with Crippen molar-refractivity contribution in [1.82, 2.24) is 5.43 Å². The highest BCUT2D eigenvalue weighted by Crippen LogP contribution is 2.34. The number of benzene rings is 2. The Hall–Kier alpha value is -2.54. The van der Waals surface area contributed by atoms with E-state index >= 15 is 0 Å². The lowest BCUT2D eigenvalue weighted by atomic mass is 10.2. The first-order chi connectivity index (χ1) is 11.0. The van der Waals surface area contributed by atoms with E-state index in [0.717, 1.165) is 0 Å². The van der Waals surface area contributed by atoms with Crippen LogP contribution >= 0.6 is 15.9 Å². The number of ether oxygens (including phenoxy) is 2. The number of halogens is 1. The molecular weight excluding hydrogens is 364 g/mol. The molecule has 0 aliphatic carbocycles. The Morgan fingerprint density at radius 3 is 2.74 bits per heavy atom. The van der Waals surface area contributed by atoms with Crippen LogP contribution in [0.25, 0.3) is 0 Å². The molecule has 0 heterocycles. The highest BCUT2D eigenvalue weighted by Gasteiger charge is 2.08. The summed E-state index contributed by atoms with van der Waals surface area (Å²) in [4.78, 5) is 12.0. The molecule has 2 aromatic carbocycles. The maximum Gasteiger partial charge on any atom is 0.271 e. The van der Waals surface area contributed by atoms with Crippen LogP contribution in [-0.4, -0.2) is 31.4 Å². The number of hydrazone groups is 1. The van der Waals surface area contributed by atoms with E-state index in [1.165, 1.54) is 20.4 Å². The lowest BCUT2D eigenvalue weighted by Gasteiger charge is -2.06. The maximum atomic E-state index is 12.0. The van der Waals surface area contributed by atoms with Crippen LogP contribution in [0.15, 0.2) is 46.0 Å². The van der Waals surface area contributed by atoms with Crippen molar-refractivity contribution < 1.29 is 19.4 Å². The molecule has 6 nitrogen and oxygen atoms in total. The van der Waals surface area contributed by atoms with E-state index in [4.69, 9.17) is 9.47 Å². The first kappa shape index (κ1) is 16.8. The number of rotatable bonds is 5. The average molecular weight is 379 g/mol. The molecule has 0 aromatic heterocycles. The topological polar surface area (TPSA) is 80.2 Å². The smallest absolute Gasteiger partial charge is 0.271 e. The van der Waals surface area contributed by atoms with Crippen LogP contribution in [0.4, 0.5) is 0 Å². The SMILES string of the molecule is COc1cccc(C(=O)NN=Cc2cc(Br)c(O)c(OC)c2)c1. The van der Waals surface area contributed by atoms with Gasteiger partial charge in [-0.05, 0) is 51.8 Å². The third kappa shape index (κ3) is 4.23.